The molecule has 0 aliphatic carbocycles. The van der Waals surface area contributed by atoms with Gasteiger partial charge in [-0.3, -0.25) is 0 Å². The van der Waals surface area contributed by atoms with Gasteiger partial charge in [0.15, 0.2) is 0 Å². The van der Waals surface area contributed by atoms with Crippen molar-refractivity contribution in [3.8, 4) is 6.07 Å². The average Bonchev–Trinajstić information content (AvgIpc) is 2.46. The van der Waals surface area contributed by atoms with Crippen LogP contribution in [0.5, 0.6) is 0 Å². The topological polar surface area (TPSA) is 103 Å². The Kier molecular flexibility index (Phi) is 7.14. The molecule has 7 heteroatoms. The molecule has 0 heterocycles. The van der Waals surface area contributed by atoms with Crippen LogP contribution in [0.1, 0.15) is 44.4 Å². The second-order valence-corrected chi connectivity index (χ2v) is 6.42. The summed E-state index contributed by atoms with van der Waals surface area (Å²) < 4.78 is 18.9. The van der Waals surface area contributed by atoms with Crippen molar-refractivity contribution in [2.75, 3.05) is 6.54 Å². The minimum atomic E-state index is -1.45. The van der Waals surface area contributed by atoms with Crippen molar-refractivity contribution in [1.29, 1.82) is 5.26 Å². The fourth-order valence-corrected chi connectivity index (χ4v) is 2.02. The van der Waals surface area contributed by atoms with Gasteiger partial charge < -0.3 is 20.3 Å². The van der Waals surface area contributed by atoms with Crippen LogP contribution in [0.4, 0.5) is 9.18 Å². The number of halogens is 1. The first kappa shape index (κ1) is 19.9. The second-order valence-electron chi connectivity index (χ2n) is 6.42. The maximum Gasteiger partial charge on any atom is 0.407 e. The van der Waals surface area contributed by atoms with Crippen LogP contribution >= 0.6 is 0 Å². The van der Waals surface area contributed by atoms with E-state index in [0.29, 0.717) is 5.56 Å². The fraction of sp³-hybridized carbons (Fsp3) is 0.529. The van der Waals surface area contributed by atoms with Crippen LogP contribution in [0.3, 0.4) is 0 Å². The van der Waals surface area contributed by atoms with Crippen LogP contribution in [0.15, 0.2) is 18.2 Å². The number of aliphatic hydroxyl groups excluding tert-OH is 2. The van der Waals surface area contributed by atoms with Crippen molar-refractivity contribution >= 4 is 6.09 Å². The number of carbonyl (C=O) groups excluding carboxylic acids is 1. The standard InChI is InChI=1S/C17H23FN2O4/c1-17(2,3)24-16(23)20-9-7-14(21)15(22)12-10-11(6-8-19)4-5-13(12)18/h4-5,10,14-15,21-22H,6-7,9H2,1-3H3,(H,20,23). The van der Waals surface area contributed by atoms with Crippen LogP contribution in [-0.4, -0.2) is 34.6 Å². The van der Waals surface area contributed by atoms with Gasteiger partial charge in [0.1, 0.15) is 17.5 Å². The summed E-state index contributed by atoms with van der Waals surface area (Å²) in [5.74, 6) is -0.664. The van der Waals surface area contributed by atoms with Gasteiger partial charge in [-0.1, -0.05) is 6.07 Å². The molecule has 2 atom stereocenters. The predicted molar refractivity (Wildman–Crippen MR) is 85.5 cm³/mol. The van der Waals surface area contributed by atoms with E-state index in [0.717, 1.165) is 6.07 Å². The van der Waals surface area contributed by atoms with E-state index in [1.807, 2.05) is 6.07 Å². The third-order valence-electron chi connectivity index (χ3n) is 3.14. The summed E-state index contributed by atoms with van der Waals surface area (Å²) in [6, 6.07) is 5.89. The van der Waals surface area contributed by atoms with E-state index < -0.39 is 29.7 Å². The van der Waals surface area contributed by atoms with Gasteiger partial charge in [-0.15, -0.1) is 0 Å². The number of hydrogen-bond acceptors (Lipinski definition) is 5. The van der Waals surface area contributed by atoms with Crippen molar-refractivity contribution in [1.82, 2.24) is 5.32 Å². The van der Waals surface area contributed by atoms with Crippen LogP contribution in [0.2, 0.25) is 0 Å². The van der Waals surface area contributed by atoms with Crippen molar-refractivity contribution in [2.45, 2.75) is 51.4 Å². The maximum absolute atomic E-state index is 13.8. The number of nitrogens with zero attached hydrogens (tertiary/aromatic N) is 1. The van der Waals surface area contributed by atoms with Crippen LogP contribution in [0, 0.1) is 17.1 Å². The van der Waals surface area contributed by atoms with E-state index in [-0.39, 0.29) is 24.9 Å². The molecule has 0 saturated carbocycles. The van der Waals surface area contributed by atoms with Gasteiger partial charge in [0, 0.05) is 12.1 Å². The summed E-state index contributed by atoms with van der Waals surface area (Å²) in [6.45, 7) is 5.24. The highest BCUT2D eigenvalue weighted by molar-refractivity contribution is 5.67. The van der Waals surface area contributed by atoms with Gasteiger partial charge in [0.2, 0.25) is 0 Å². The summed E-state index contributed by atoms with van der Waals surface area (Å²) in [5.41, 5.74) is -0.161. The molecule has 0 saturated heterocycles. The largest absolute Gasteiger partial charge is 0.444 e. The molecule has 1 aromatic rings. The molecule has 0 radical (unpaired) electrons. The zero-order valence-corrected chi connectivity index (χ0v) is 14.0. The molecule has 0 bridgehead atoms. The van der Waals surface area contributed by atoms with Gasteiger partial charge >= 0.3 is 6.09 Å². The second kappa shape index (κ2) is 8.62. The van der Waals surface area contributed by atoms with E-state index in [1.54, 1.807) is 20.8 Å². The molecule has 0 fully saturated rings. The Bertz CT molecular complexity index is 608. The smallest absolute Gasteiger partial charge is 0.407 e. The zero-order valence-electron chi connectivity index (χ0n) is 14.0. The number of amides is 1. The van der Waals surface area contributed by atoms with Crippen molar-refractivity contribution < 1.29 is 24.1 Å². The Hall–Kier alpha value is -2.17. The maximum atomic E-state index is 13.8. The highest BCUT2D eigenvalue weighted by Crippen LogP contribution is 2.23. The molecular formula is C17H23FN2O4. The molecule has 0 aromatic heterocycles. The molecule has 24 heavy (non-hydrogen) atoms. The SMILES string of the molecule is CC(C)(C)OC(=O)NCCC(O)C(O)c1cc(CC#N)ccc1F. The molecule has 0 spiro atoms. The lowest BCUT2D eigenvalue weighted by Gasteiger charge is -2.21. The molecular weight excluding hydrogens is 315 g/mol. The van der Waals surface area contributed by atoms with Crippen LogP contribution < -0.4 is 5.32 Å². The van der Waals surface area contributed by atoms with E-state index in [1.165, 1.54) is 12.1 Å². The molecule has 3 N–H and O–H groups in total. The number of benzene rings is 1. The van der Waals surface area contributed by atoms with Crippen molar-refractivity contribution in [3.05, 3.63) is 35.1 Å². The number of hydrogen-bond donors (Lipinski definition) is 3. The van der Waals surface area contributed by atoms with Crippen molar-refractivity contribution in [2.24, 2.45) is 0 Å². The third-order valence-corrected chi connectivity index (χ3v) is 3.14. The molecule has 1 aromatic carbocycles. The minimum absolute atomic E-state index is 0.0162. The zero-order chi connectivity index (χ0) is 18.3. The number of carbonyl (C=O) groups is 1. The molecule has 0 aliphatic heterocycles. The monoisotopic (exact) mass is 338 g/mol. The van der Waals surface area contributed by atoms with Gasteiger partial charge in [-0.2, -0.15) is 5.26 Å². The predicted octanol–water partition coefficient (Wildman–Crippen LogP) is 2.20. The summed E-state index contributed by atoms with van der Waals surface area (Å²) in [4.78, 5) is 11.5. The van der Waals surface area contributed by atoms with Gasteiger partial charge in [-0.25, -0.2) is 9.18 Å². The molecule has 6 nitrogen and oxygen atoms in total. The van der Waals surface area contributed by atoms with E-state index in [2.05, 4.69) is 5.32 Å². The summed E-state index contributed by atoms with van der Waals surface area (Å²) in [5, 5.41) is 31.2. The molecule has 1 amide bonds. The third kappa shape index (κ3) is 6.52. The minimum Gasteiger partial charge on any atom is -0.444 e. The van der Waals surface area contributed by atoms with Crippen molar-refractivity contribution in [3.63, 3.8) is 0 Å². The number of nitriles is 1. The normalized spacial score (nSPS) is 13.7. The number of alkyl carbamates (subject to hydrolysis) is 1. The highest BCUT2D eigenvalue weighted by atomic mass is 19.1. The number of aliphatic hydroxyl groups is 2. The van der Waals surface area contributed by atoms with Crippen LogP contribution in [0.25, 0.3) is 0 Å². The Balaban J connectivity index is 2.59. The van der Waals surface area contributed by atoms with E-state index in [9.17, 15) is 19.4 Å². The van der Waals surface area contributed by atoms with Gasteiger partial charge in [-0.05, 0) is 44.9 Å². The Morgan fingerprint density at radius 3 is 2.67 bits per heavy atom. The Labute approximate surface area is 140 Å². The lowest BCUT2D eigenvalue weighted by atomic mass is 9.98. The number of rotatable bonds is 6. The molecule has 0 aliphatic rings. The summed E-state index contributed by atoms with van der Waals surface area (Å²) in [6.07, 6.45) is -3.26. The fourth-order valence-electron chi connectivity index (χ4n) is 2.02. The van der Waals surface area contributed by atoms with Gasteiger partial charge in [0.05, 0.1) is 18.6 Å². The van der Waals surface area contributed by atoms with E-state index in [4.69, 9.17) is 10.00 Å². The summed E-state index contributed by atoms with van der Waals surface area (Å²) in [7, 11) is 0. The highest BCUT2D eigenvalue weighted by Gasteiger charge is 2.22. The number of ether oxygens (including phenoxy) is 1. The lowest BCUT2D eigenvalue weighted by Crippen LogP contribution is -2.34. The molecule has 132 valence electrons. The van der Waals surface area contributed by atoms with Gasteiger partial charge in [0.25, 0.3) is 0 Å². The quantitative estimate of drug-likeness (QED) is 0.738. The first-order valence-electron chi connectivity index (χ1n) is 7.62. The number of nitrogens with one attached hydrogen (secondary N) is 1. The van der Waals surface area contributed by atoms with E-state index >= 15 is 0 Å². The Morgan fingerprint density at radius 2 is 2.08 bits per heavy atom. The average molecular weight is 338 g/mol. The molecule has 2 unspecified atom stereocenters. The first-order valence-corrected chi connectivity index (χ1v) is 7.62. The molecule has 1 rings (SSSR count). The summed E-state index contributed by atoms with van der Waals surface area (Å²) >= 11 is 0. The Morgan fingerprint density at radius 1 is 1.42 bits per heavy atom. The van der Waals surface area contributed by atoms with Crippen LogP contribution in [-0.2, 0) is 11.2 Å². The first-order chi connectivity index (χ1) is 11.1. The lowest BCUT2D eigenvalue weighted by molar-refractivity contribution is 0.0103.